The molecule has 8 N–H and O–H groups in total. The summed E-state index contributed by atoms with van der Waals surface area (Å²) in [5, 5.41) is 30.2. The van der Waals surface area contributed by atoms with E-state index in [-0.39, 0.29) is 65.8 Å². The number of benzene rings is 5. The molecule has 1 saturated heterocycles. The first-order chi connectivity index (χ1) is 43.8. The number of carbonyl (C=O) groups is 3. The van der Waals surface area contributed by atoms with E-state index in [1.54, 1.807) is 130 Å². The molecule has 0 spiro atoms. The molecule has 1 fully saturated rings. The third-order valence-electron chi connectivity index (χ3n) is 12.3. The third-order valence-corrected chi connectivity index (χ3v) is 12.6. The molecule has 1 aliphatic rings. The lowest BCUT2D eigenvalue weighted by molar-refractivity contribution is -0.128. The normalized spacial score (nSPS) is 12.4. The van der Waals surface area contributed by atoms with Crippen LogP contribution in [0.4, 0.5) is 82.5 Å². The molecule has 8 aromatic rings. The molecular formula is C64H66ClF3N14O9. The zero-order valence-corrected chi connectivity index (χ0v) is 50.7. The lowest BCUT2D eigenvalue weighted by Gasteiger charge is -2.32. The fraction of sp³-hybridized carbons (Fsp3) is 0.203. The number of ether oxygens (including phenoxy) is 5. The zero-order chi connectivity index (χ0) is 65.3. The number of likely N-dealkylation sites (tertiary alicyclic amines) is 1. The predicted molar refractivity (Wildman–Crippen MR) is 343 cm³/mol. The number of methoxy groups -OCH3 is 2. The van der Waals surface area contributed by atoms with Gasteiger partial charge in [-0.2, -0.15) is 19.3 Å². The number of aromatic nitrogens is 6. The fourth-order valence-electron chi connectivity index (χ4n) is 7.97. The monoisotopic (exact) mass is 1270 g/mol. The van der Waals surface area contributed by atoms with E-state index in [2.05, 4.69) is 86.9 Å². The number of anilines is 12. The highest BCUT2D eigenvalue weighted by molar-refractivity contribution is 6.32. The van der Waals surface area contributed by atoms with Gasteiger partial charge in [0.2, 0.25) is 41.4 Å². The minimum Gasteiger partial charge on any atom is -0.497 e. The van der Waals surface area contributed by atoms with E-state index in [1.165, 1.54) is 12.2 Å². The van der Waals surface area contributed by atoms with Crippen molar-refractivity contribution in [2.75, 3.05) is 84.3 Å². The maximum Gasteiger partial charge on any atom is 0.255 e. The van der Waals surface area contributed by atoms with Crippen molar-refractivity contribution in [3.63, 3.8) is 0 Å². The summed E-state index contributed by atoms with van der Waals surface area (Å²) in [7, 11) is 3.18. The Morgan fingerprint density at radius 1 is 0.626 bits per heavy atom. The molecule has 474 valence electrons. The second-order valence-electron chi connectivity index (χ2n) is 20.0. The van der Waals surface area contributed by atoms with Crippen LogP contribution in [0.15, 0.2) is 172 Å². The lowest BCUT2D eigenvalue weighted by Crippen LogP contribution is -2.43. The molecule has 4 heterocycles. The van der Waals surface area contributed by atoms with E-state index < -0.39 is 23.1 Å². The number of hydrogen-bond acceptors (Lipinski definition) is 20. The minimum absolute atomic E-state index is 0.00998. The van der Waals surface area contributed by atoms with E-state index in [0.717, 1.165) is 31.1 Å². The van der Waals surface area contributed by atoms with Crippen molar-refractivity contribution in [3.05, 3.63) is 194 Å². The zero-order valence-electron chi connectivity index (χ0n) is 49.9. The van der Waals surface area contributed by atoms with Crippen LogP contribution in [-0.2, 0) is 19.1 Å². The van der Waals surface area contributed by atoms with Crippen molar-refractivity contribution >= 4 is 98.6 Å². The Morgan fingerprint density at radius 3 is 1.69 bits per heavy atom. The number of nitrogens with zero attached hydrogens (tertiary/aromatic N) is 7. The number of piperidine rings is 1. The quantitative estimate of drug-likeness (QED) is 0.0195. The highest BCUT2D eigenvalue weighted by Gasteiger charge is 2.26. The first kappa shape index (κ1) is 67.7. The average molecular weight is 1270 g/mol. The Hall–Kier alpha value is -10.8. The smallest absolute Gasteiger partial charge is 0.255 e. The first-order valence-corrected chi connectivity index (χ1v) is 28.2. The van der Waals surface area contributed by atoms with E-state index >= 15 is 0 Å². The SMILES string of the molecule is C=CC(=O)N1CCC[C@@H](Oc2nc(Nc3cccc(OC)c3)ncc2F)C1.C=CC(=O)Nc1cccc(Nc2nc(Nc3ccc(Cl)c(OCC(C)(C)O)c3)ncc2F)c1.C=CC(=O)Nc1cccc(Nc2nc(Nc3ccc(OCCOC)cc3)ncc2F)c1. The number of carbonyl (C=O) groups excluding carboxylic acids is 3. The van der Waals surface area contributed by atoms with Crippen LogP contribution in [-0.4, -0.2) is 116 Å². The maximum absolute atomic E-state index is 14.3. The van der Waals surface area contributed by atoms with Crippen LogP contribution in [0.3, 0.4) is 0 Å². The van der Waals surface area contributed by atoms with Crippen LogP contribution in [0.1, 0.15) is 26.7 Å². The van der Waals surface area contributed by atoms with Gasteiger partial charge in [-0.25, -0.2) is 23.7 Å². The van der Waals surface area contributed by atoms with Crippen LogP contribution in [0.2, 0.25) is 5.02 Å². The number of rotatable bonds is 25. The molecule has 0 radical (unpaired) electrons. The highest BCUT2D eigenvalue weighted by Crippen LogP contribution is 2.31. The van der Waals surface area contributed by atoms with E-state index in [1.807, 2.05) is 18.2 Å². The number of amides is 3. The topological polar surface area (TPSA) is 282 Å². The van der Waals surface area contributed by atoms with Gasteiger partial charge in [0.05, 0.1) is 49.5 Å². The molecule has 0 aliphatic carbocycles. The van der Waals surface area contributed by atoms with Gasteiger partial charge in [0, 0.05) is 65.6 Å². The minimum atomic E-state index is -1.03. The molecule has 1 atom stereocenters. The Kier molecular flexibility index (Phi) is 24.9. The molecular weight excluding hydrogens is 1200 g/mol. The van der Waals surface area contributed by atoms with Crippen molar-refractivity contribution < 1.29 is 56.3 Å². The molecule has 91 heavy (non-hydrogen) atoms. The molecule has 9 rings (SSSR count). The largest absolute Gasteiger partial charge is 0.497 e. The summed E-state index contributed by atoms with van der Waals surface area (Å²) >= 11 is 6.16. The van der Waals surface area contributed by atoms with Crippen LogP contribution >= 0.6 is 11.6 Å². The lowest BCUT2D eigenvalue weighted by atomic mass is 10.1. The van der Waals surface area contributed by atoms with Gasteiger partial charge in [-0.1, -0.05) is 49.5 Å². The van der Waals surface area contributed by atoms with Crippen LogP contribution in [0.25, 0.3) is 0 Å². The van der Waals surface area contributed by atoms with Crippen LogP contribution in [0, 0.1) is 17.5 Å². The van der Waals surface area contributed by atoms with Gasteiger partial charge in [0.1, 0.15) is 36.6 Å². The third kappa shape index (κ3) is 22.1. The molecule has 23 nitrogen and oxygen atoms in total. The summed E-state index contributed by atoms with van der Waals surface area (Å²) in [6.07, 6.45) is 7.89. The van der Waals surface area contributed by atoms with E-state index in [4.69, 9.17) is 35.3 Å². The predicted octanol–water partition coefficient (Wildman–Crippen LogP) is 12.2. The number of hydrogen-bond donors (Lipinski definition) is 8. The van der Waals surface area contributed by atoms with Crippen LogP contribution in [0.5, 0.6) is 23.1 Å². The van der Waals surface area contributed by atoms with E-state index in [9.17, 15) is 32.7 Å². The molecule has 5 aromatic carbocycles. The molecule has 0 bridgehead atoms. The van der Waals surface area contributed by atoms with Crippen molar-refractivity contribution in [2.24, 2.45) is 0 Å². The van der Waals surface area contributed by atoms with Crippen molar-refractivity contribution in [1.82, 2.24) is 34.8 Å². The average Bonchev–Trinajstić information content (AvgIpc) is 1.47. The molecule has 3 aromatic heterocycles. The molecule has 27 heteroatoms. The van der Waals surface area contributed by atoms with Gasteiger partial charge in [-0.15, -0.1) is 0 Å². The summed E-state index contributed by atoms with van der Waals surface area (Å²) in [4.78, 5) is 60.7. The number of halogens is 4. The van der Waals surface area contributed by atoms with Crippen molar-refractivity contribution in [2.45, 2.75) is 38.4 Å². The summed E-state index contributed by atoms with van der Waals surface area (Å²) in [5.74, 6) is -0.723. The van der Waals surface area contributed by atoms with Gasteiger partial charge in [-0.05, 0) is 130 Å². The van der Waals surface area contributed by atoms with Crippen molar-refractivity contribution in [1.29, 1.82) is 0 Å². The Morgan fingerprint density at radius 2 is 1.14 bits per heavy atom. The Balaban J connectivity index is 0.000000195. The summed E-state index contributed by atoms with van der Waals surface area (Å²) in [6.45, 7) is 15.6. The molecule has 3 amide bonds. The first-order valence-electron chi connectivity index (χ1n) is 27.9. The fourth-order valence-corrected chi connectivity index (χ4v) is 8.14. The standard InChI is InChI=1S/C23H23ClFN5O3.C22H22FN5O3.C19H21FN4O3/c1-4-20(31)27-14-6-5-7-15(10-14)28-21-18(25)12-26-22(30-21)29-16-8-9-17(24)19(11-16)33-13-23(2,3)32;1-3-20(29)25-16-5-4-6-17(13-16)26-21-19(23)14-24-22(28-21)27-15-7-9-18(10-8-15)31-12-11-30-2;1-3-17(25)24-9-5-8-15(12-24)27-18-16(20)11-21-19(23-18)22-13-6-4-7-14(10-13)26-2/h4-12,32H,1,13H2,2-3H3,(H,27,31)(H2,26,28,29,30);3-10,13-14H,1,11-12H2,2H3,(H,25,29)(H2,24,26,27,28);3-4,6-7,10-11,15H,1,5,8-9,12H2,2H3,(H,21,22,23)/t;;15-/m..1/s1. The van der Waals surface area contributed by atoms with Gasteiger partial charge in [-0.3, -0.25) is 14.4 Å². The summed E-state index contributed by atoms with van der Waals surface area (Å²) in [5.41, 5.74) is 3.04. The number of aliphatic hydroxyl groups is 1. The van der Waals surface area contributed by atoms with Crippen molar-refractivity contribution in [3.8, 4) is 23.1 Å². The molecule has 0 unspecified atom stereocenters. The molecule has 1 aliphatic heterocycles. The van der Waals surface area contributed by atoms with Crippen LogP contribution < -0.4 is 56.2 Å². The van der Waals surface area contributed by atoms with Gasteiger partial charge >= 0.3 is 0 Å². The Bertz CT molecular complexity index is 3810. The highest BCUT2D eigenvalue weighted by atomic mass is 35.5. The molecule has 0 saturated carbocycles. The number of nitrogens with one attached hydrogen (secondary N) is 7. The maximum atomic E-state index is 14.3. The summed E-state index contributed by atoms with van der Waals surface area (Å²) in [6, 6.07) is 32.8. The van der Waals surface area contributed by atoms with Gasteiger partial charge in [0.15, 0.2) is 23.3 Å². The Labute approximate surface area is 527 Å². The van der Waals surface area contributed by atoms with Gasteiger partial charge in [0.25, 0.3) is 5.88 Å². The second-order valence-corrected chi connectivity index (χ2v) is 20.4. The second kappa shape index (κ2) is 33.5. The van der Waals surface area contributed by atoms with E-state index in [0.29, 0.717) is 94.8 Å². The van der Waals surface area contributed by atoms with Gasteiger partial charge < -0.3 is 70.9 Å². The summed E-state index contributed by atoms with van der Waals surface area (Å²) < 4.78 is 69.6.